The van der Waals surface area contributed by atoms with Gasteiger partial charge < -0.3 is 10.1 Å². The molecule has 3 aromatic carbocycles. The van der Waals surface area contributed by atoms with Crippen molar-refractivity contribution in [3.05, 3.63) is 96.4 Å². The average Bonchev–Trinajstić information content (AvgIpc) is 2.75. The number of carbonyl (C=O) groups excluding carboxylic acids is 1. The lowest BCUT2D eigenvalue weighted by Crippen LogP contribution is -2.13. The normalized spacial score (nSPS) is 11.1. The summed E-state index contributed by atoms with van der Waals surface area (Å²) in [7, 11) is 0. The van der Waals surface area contributed by atoms with Crippen LogP contribution in [0.3, 0.4) is 0 Å². The maximum atomic E-state index is 12.5. The summed E-state index contributed by atoms with van der Waals surface area (Å²) in [6.07, 6.45) is 1.45. The van der Waals surface area contributed by atoms with E-state index in [1.54, 1.807) is 42.5 Å². The van der Waals surface area contributed by atoms with Crippen LogP contribution in [0.1, 0.15) is 16.7 Å². The standard InChI is InChI=1S/C24H16BrCl3N2O2/c1-14-2-7-19(11-21(14)27)30-24(31)17(12-29)8-16-9-20(25)23(22(28)10-16)32-13-15-3-5-18(26)6-4-15/h2-11H,13H2,1H3,(H,30,31)/b17-8-. The van der Waals surface area contributed by atoms with Crippen molar-refractivity contribution in [2.24, 2.45) is 0 Å². The molecule has 1 N–H and O–H groups in total. The zero-order chi connectivity index (χ0) is 23.3. The molecule has 32 heavy (non-hydrogen) atoms. The Kier molecular flexibility index (Phi) is 8.22. The van der Waals surface area contributed by atoms with Gasteiger partial charge in [-0.05, 0) is 82.0 Å². The predicted octanol–water partition coefficient (Wildman–Crippen LogP) is 7.84. The molecule has 3 aromatic rings. The molecule has 0 atom stereocenters. The molecule has 0 fully saturated rings. The van der Waals surface area contributed by atoms with E-state index in [1.165, 1.54) is 6.08 Å². The van der Waals surface area contributed by atoms with Gasteiger partial charge in [-0.25, -0.2) is 0 Å². The molecule has 3 rings (SSSR count). The van der Waals surface area contributed by atoms with E-state index in [1.807, 2.05) is 25.1 Å². The largest absolute Gasteiger partial charge is 0.486 e. The molecule has 0 saturated carbocycles. The van der Waals surface area contributed by atoms with Crippen molar-refractivity contribution in [1.82, 2.24) is 0 Å². The Morgan fingerprint density at radius 1 is 1.09 bits per heavy atom. The van der Waals surface area contributed by atoms with Crippen LogP contribution in [0.15, 0.2) is 64.6 Å². The number of aryl methyl sites for hydroxylation is 1. The first-order valence-corrected chi connectivity index (χ1v) is 11.2. The van der Waals surface area contributed by atoms with E-state index >= 15 is 0 Å². The molecule has 0 spiro atoms. The Labute approximate surface area is 209 Å². The molecule has 4 nitrogen and oxygen atoms in total. The Balaban J connectivity index is 1.77. The lowest BCUT2D eigenvalue weighted by molar-refractivity contribution is -0.112. The number of rotatable bonds is 6. The quantitative estimate of drug-likeness (QED) is 0.251. The molecule has 0 bridgehead atoms. The van der Waals surface area contributed by atoms with Gasteiger partial charge in [0.05, 0.1) is 9.50 Å². The Morgan fingerprint density at radius 3 is 2.44 bits per heavy atom. The first-order chi connectivity index (χ1) is 15.3. The van der Waals surface area contributed by atoms with Crippen molar-refractivity contribution in [2.75, 3.05) is 5.32 Å². The van der Waals surface area contributed by atoms with Crippen molar-refractivity contribution in [3.63, 3.8) is 0 Å². The monoisotopic (exact) mass is 548 g/mol. The van der Waals surface area contributed by atoms with Crippen LogP contribution in [-0.4, -0.2) is 5.91 Å². The number of halogens is 4. The summed E-state index contributed by atoms with van der Waals surface area (Å²) in [5.74, 6) is -0.0984. The Morgan fingerprint density at radius 2 is 1.81 bits per heavy atom. The van der Waals surface area contributed by atoms with Gasteiger partial charge in [0.25, 0.3) is 5.91 Å². The number of nitrogens with one attached hydrogen (secondary N) is 1. The third-order valence-electron chi connectivity index (χ3n) is 4.42. The molecule has 0 unspecified atom stereocenters. The highest BCUT2D eigenvalue weighted by Crippen LogP contribution is 2.36. The second-order valence-corrected chi connectivity index (χ2v) is 8.92. The topological polar surface area (TPSA) is 62.1 Å². The van der Waals surface area contributed by atoms with Crippen molar-refractivity contribution in [1.29, 1.82) is 5.26 Å². The fraction of sp³-hybridized carbons (Fsp3) is 0.0833. The minimum atomic E-state index is -0.553. The van der Waals surface area contributed by atoms with E-state index in [4.69, 9.17) is 39.5 Å². The molecule has 0 saturated heterocycles. The average molecular weight is 551 g/mol. The second kappa shape index (κ2) is 10.9. The van der Waals surface area contributed by atoms with E-state index in [9.17, 15) is 10.1 Å². The van der Waals surface area contributed by atoms with Gasteiger partial charge >= 0.3 is 0 Å². The van der Waals surface area contributed by atoms with E-state index < -0.39 is 5.91 Å². The number of nitriles is 1. The van der Waals surface area contributed by atoms with Gasteiger partial charge in [0, 0.05) is 15.7 Å². The van der Waals surface area contributed by atoms with E-state index in [2.05, 4.69) is 21.2 Å². The van der Waals surface area contributed by atoms with Crippen LogP contribution in [0.4, 0.5) is 5.69 Å². The van der Waals surface area contributed by atoms with Crippen LogP contribution < -0.4 is 10.1 Å². The summed E-state index contributed by atoms with van der Waals surface area (Å²) >= 11 is 21.8. The molecule has 0 aliphatic rings. The minimum absolute atomic E-state index is 0.0838. The summed E-state index contributed by atoms with van der Waals surface area (Å²) in [5, 5.41) is 13.6. The zero-order valence-electron chi connectivity index (χ0n) is 16.8. The summed E-state index contributed by atoms with van der Waals surface area (Å²) < 4.78 is 6.42. The molecule has 0 aliphatic carbocycles. The van der Waals surface area contributed by atoms with E-state index in [-0.39, 0.29) is 5.57 Å². The third kappa shape index (κ3) is 6.27. The Bertz CT molecular complexity index is 1210. The van der Waals surface area contributed by atoms with Gasteiger partial charge in [-0.15, -0.1) is 0 Å². The molecule has 0 aromatic heterocycles. The van der Waals surface area contributed by atoms with Crippen molar-refractivity contribution in [3.8, 4) is 11.8 Å². The summed E-state index contributed by atoms with van der Waals surface area (Å²) in [4.78, 5) is 12.5. The maximum absolute atomic E-state index is 12.5. The van der Waals surface area contributed by atoms with Gasteiger partial charge in [0.2, 0.25) is 0 Å². The lowest BCUT2D eigenvalue weighted by atomic mass is 10.1. The number of nitrogens with zero attached hydrogens (tertiary/aromatic N) is 1. The first-order valence-electron chi connectivity index (χ1n) is 9.32. The smallest absolute Gasteiger partial charge is 0.266 e. The van der Waals surface area contributed by atoms with E-state index in [0.717, 1.165) is 11.1 Å². The van der Waals surface area contributed by atoms with Crippen LogP contribution in [-0.2, 0) is 11.4 Å². The van der Waals surface area contributed by atoms with Gasteiger partial charge in [0.15, 0.2) is 5.75 Å². The molecule has 162 valence electrons. The highest BCUT2D eigenvalue weighted by Gasteiger charge is 2.13. The van der Waals surface area contributed by atoms with Crippen LogP contribution in [0.25, 0.3) is 6.08 Å². The number of carbonyl (C=O) groups is 1. The van der Waals surface area contributed by atoms with Crippen LogP contribution >= 0.6 is 50.7 Å². The van der Waals surface area contributed by atoms with Crippen molar-refractivity contribution in [2.45, 2.75) is 13.5 Å². The number of benzene rings is 3. The van der Waals surface area contributed by atoms with Crippen molar-refractivity contribution < 1.29 is 9.53 Å². The van der Waals surface area contributed by atoms with Crippen LogP contribution in [0, 0.1) is 18.3 Å². The molecule has 0 radical (unpaired) electrons. The highest BCUT2D eigenvalue weighted by atomic mass is 79.9. The fourth-order valence-corrected chi connectivity index (χ4v) is 4.02. The lowest BCUT2D eigenvalue weighted by Gasteiger charge is -2.12. The van der Waals surface area contributed by atoms with Crippen LogP contribution in [0.2, 0.25) is 15.1 Å². The summed E-state index contributed by atoms with van der Waals surface area (Å²) in [6, 6.07) is 17.7. The SMILES string of the molecule is Cc1ccc(NC(=O)/C(C#N)=C\c2cc(Cl)c(OCc3ccc(Cl)cc3)c(Br)c2)cc1Cl. The maximum Gasteiger partial charge on any atom is 0.266 e. The second-order valence-electron chi connectivity index (χ2n) is 6.82. The number of hydrogen-bond acceptors (Lipinski definition) is 3. The fourth-order valence-electron chi connectivity index (χ4n) is 2.72. The third-order valence-corrected chi connectivity index (χ3v) is 5.95. The van der Waals surface area contributed by atoms with E-state index in [0.29, 0.717) is 43.1 Å². The van der Waals surface area contributed by atoms with Gasteiger partial charge in [-0.2, -0.15) is 5.26 Å². The van der Waals surface area contributed by atoms with Crippen LogP contribution in [0.5, 0.6) is 5.75 Å². The molecular formula is C24H16BrCl3N2O2. The zero-order valence-corrected chi connectivity index (χ0v) is 20.6. The molecule has 1 amide bonds. The number of amides is 1. The number of hydrogen-bond donors (Lipinski definition) is 1. The highest BCUT2D eigenvalue weighted by molar-refractivity contribution is 9.10. The molecule has 0 aliphatic heterocycles. The van der Waals surface area contributed by atoms with Gasteiger partial charge in [-0.3, -0.25) is 4.79 Å². The number of ether oxygens (including phenoxy) is 1. The first kappa shape index (κ1) is 24.2. The van der Waals surface area contributed by atoms with Gasteiger partial charge in [-0.1, -0.05) is 53.0 Å². The Hall–Kier alpha value is -2.49. The summed E-state index contributed by atoms with van der Waals surface area (Å²) in [6.45, 7) is 2.16. The van der Waals surface area contributed by atoms with Crippen molar-refractivity contribution >= 4 is 68.4 Å². The molecular weight excluding hydrogens is 535 g/mol. The summed E-state index contributed by atoms with van der Waals surface area (Å²) in [5.41, 5.74) is 2.80. The predicted molar refractivity (Wildman–Crippen MR) is 133 cm³/mol. The minimum Gasteiger partial charge on any atom is -0.486 e. The number of anilines is 1. The molecule has 8 heteroatoms. The van der Waals surface area contributed by atoms with Gasteiger partial charge in [0.1, 0.15) is 18.2 Å². The molecule has 0 heterocycles.